The molecule has 2 fully saturated rings. The smallest absolute Gasteiger partial charge is 0.191 e. The van der Waals surface area contributed by atoms with Crippen molar-refractivity contribution in [3.8, 4) is 0 Å². The first-order valence-corrected chi connectivity index (χ1v) is 6.91. The maximum Gasteiger partial charge on any atom is 0.191 e. The Morgan fingerprint density at radius 2 is 2.18 bits per heavy atom. The normalized spacial score (nSPS) is 33.1. The number of guanidine groups is 1. The van der Waals surface area contributed by atoms with Crippen LogP contribution in [-0.2, 0) is 0 Å². The SMILES string of the molecule is CC1(C)CN=C(NC2CCN(C3CC3)C2)NC1. The van der Waals surface area contributed by atoms with Crippen molar-refractivity contribution < 1.29 is 0 Å². The van der Waals surface area contributed by atoms with Gasteiger partial charge < -0.3 is 10.6 Å². The van der Waals surface area contributed by atoms with E-state index in [-0.39, 0.29) is 0 Å². The van der Waals surface area contributed by atoms with E-state index in [4.69, 9.17) is 0 Å². The van der Waals surface area contributed by atoms with Gasteiger partial charge in [0, 0.05) is 43.7 Å². The molecule has 0 amide bonds. The van der Waals surface area contributed by atoms with Crippen molar-refractivity contribution in [2.24, 2.45) is 10.4 Å². The summed E-state index contributed by atoms with van der Waals surface area (Å²) < 4.78 is 0. The molecule has 1 aliphatic carbocycles. The molecule has 96 valence electrons. The summed E-state index contributed by atoms with van der Waals surface area (Å²) in [5.41, 5.74) is 0.306. The number of likely N-dealkylation sites (tertiary alicyclic amines) is 1. The fourth-order valence-electron chi connectivity index (χ4n) is 2.69. The molecular weight excluding hydrogens is 212 g/mol. The maximum atomic E-state index is 4.61. The molecule has 4 heteroatoms. The predicted molar refractivity (Wildman–Crippen MR) is 70.2 cm³/mol. The van der Waals surface area contributed by atoms with E-state index in [2.05, 4.69) is 34.4 Å². The van der Waals surface area contributed by atoms with E-state index < -0.39 is 0 Å². The summed E-state index contributed by atoms with van der Waals surface area (Å²) in [6.45, 7) is 8.94. The zero-order valence-corrected chi connectivity index (χ0v) is 11.0. The van der Waals surface area contributed by atoms with Crippen LogP contribution in [0.25, 0.3) is 0 Å². The lowest BCUT2D eigenvalue weighted by Crippen LogP contribution is -2.50. The van der Waals surface area contributed by atoms with E-state index >= 15 is 0 Å². The second-order valence-corrected chi connectivity index (χ2v) is 6.54. The molecule has 1 atom stereocenters. The first-order chi connectivity index (χ1) is 8.12. The fraction of sp³-hybridized carbons (Fsp3) is 0.923. The number of hydrogen-bond donors (Lipinski definition) is 2. The van der Waals surface area contributed by atoms with Gasteiger partial charge in [-0.25, -0.2) is 0 Å². The van der Waals surface area contributed by atoms with Crippen LogP contribution in [-0.4, -0.2) is 49.1 Å². The van der Waals surface area contributed by atoms with Crippen molar-refractivity contribution in [1.29, 1.82) is 0 Å². The van der Waals surface area contributed by atoms with Crippen molar-refractivity contribution in [1.82, 2.24) is 15.5 Å². The zero-order valence-electron chi connectivity index (χ0n) is 11.0. The van der Waals surface area contributed by atoms with Gasteiger partial charge in [-0.1, -0.05) is 13.8 Å². The van der Waals surface area contributed by atoms with Gasteiger partial charge in [0.2, 0.25) is 0 Å². The van der Waals surface area contributed by atoms with Gasteiger partial charge in [-0.2, -0.15) is 0 Å². The van der Waals surface area contributed by atoms with Crippen molar-refractivity contribution in [3.05, 3.63) is 0 Å². The quantitative estimate of drug-likeness (QED) is 0.745. The van der Waals surface area contributed by atoms with Gasteiger partial charge in [0.05, 0.1) is 0 Å². The van der Waals surface area contributed by atoms with Gasteiger partial charge >= 0.3 is 0 Å². The number of rotatable bonds is 2. The molecule has 1 saturated heterocycles. The van der Waals surface area contributed by atoms with E-state index in [1.54, 1.807) is 0 Å². The molecule has 17 heavy (non-hydrogen) atoms. The van der Waals surface area contributed by atoms with E-state index in [1.165, 1.54) is 32.4 Å². The Morgan fingerprint density at radius 3 is 2.82 bits per heavy atom. The maximum absolute atomic E-state index is 4.61. The Morgan fingerprint density at radius 1 is 1.35 bits per heavy atom. The van der Waals surface area contributed by atoms with Crippen molar-refractivity contribution in [2.45, 2.75) is 45.2 Å². The number of nitrogens with one attached hydrogen (secondary N) is 2. The molecule has 2 N–H and O–H groups in total. The fourth-order valence-corrected chi connectivity index (χ4v) is 2.69. The minimum atomic E-state index is 0.306. The van der Waals surface area contributed by atoms with Gasteiger partial charge in [-0.3, -0.25) is 9.89 Å². The lowest BCUT2D eigenvalue weighted by Gasteiger charge is -2.30. The highest BCUT2D eigenvalue weighted by Crippen LogP contribution is 2.29. The number of nitrogens with zero attached hydrogens (tertiary/aromatic N) is 2. The van der Waals surface area contributed by atoms with Gasteiger partial charge in [-0.05, 0) is 19.3 Å². The van der Waals surface area contributed by atoms with E-state index in [9.17, 15) is 0 Å². The van der Waals surface area contributed by atoms with Crippen LogP contribution in [0.4, 0.5) is 0 Å². The molecule has 1 unspecified atom stereocenters. The average Bonchev–Trinajstić information content (AvgIpc) is 3.03. The summed E-state index contributed by atoms with van der Waals surface area (Å²) >= 11 is 0. The Bertz CT molecular complexity index is 319. The minimum Gasteiger partial charge on any atom is -0.356 e. The molecule has 0 aromatic rings. The summed E-state index contributed by atoms with van der Waals surface area (Å²) in [6, 6.07) is 1.50. The van der Waals surface area contributed by atoms with Crippen molar-refractivity contribution in [2.75, 3.05) is 26.2 Å². The van der Waals surface area contributed by atoms with Crippen LogP contribution in [0.3, 0.4) is 0 Å². The standard InChI is InChI=1S/C13H24N4/c1-13(2)8-14-12(15-9-13)16-10-5-6-17(7-10)11-3-4-11/h10-11H,3-9H2,1-2H3,(H2,14,15,16). The monoisotopic (exact) mass is 236 g/mol. The third-order valence-electron chi connectivity index (χ3n) is 4.02. The number of hydrogen-bond acceptors (Lipinski definition) is 4. The van der Waals surface area contributed by atoms with E-state index in [0.717, 1.165) is 25.1 Å². The Labute approximate surface area is 104 Å². The van der Waals surface area contributed by atoms with E-state index in [1.807, 2.05) is 0 Å². The lowest BCUT2D eigenvalue weighted by atomic mass is 9.93. The van der Waals surface area contributed by atoms with Crippen LogP contribution in [0, 0.1) is 5.41 Å². The molecule has 0 radical (unpaired) electrons. The highest BCUT2D eigenvalue weighted by atomic mass is 15.3. The van der Waals surface area contributed by atoms with Crippen LogP contribution >= 0.6 is 0 Å². The topological polar surface area (TPSA) is 39.7 Å². The van der Waals surface area contributed by atoms with E-state index in [0.29, 0.717) is 11.5 Å². The third-order valence-corrected chi connectivity index (χ3v) is 4.02. The van der Waals surface area contributed by atoms with Gasteiger partial charge in [-0.15, -0.1) is 0 Å². The molecule has 3 aliphatic rings. The molecule has 1 saturated carbocycles. The molecule has 3 rings (SSSR count). The molecule has 0 aromatic heterocycles. The van der Waals surface area contributed by atoms with Gasteiger partial charge in [0.1, 0.15) is 0 Å². The highest BCUT2D eigenvalue weighted by Gasteiger charge is 2.35. The molecule has 4 nitrogen and oxygen atoms in total. The van der Waals surface area contributed by atoms with Gasteiger partial charge in [0.15, 0.2) is 5.96 Å². The Balaban J connectivity index is 1.49. The average molecular weight is 236 g/mol. The van der Waals surface area contributed by atoms with Crippen molar-refractivity contribution in [3.63, 3.8) is 0 Å². The summed E-state index contributed by atoms with van der Waals surface area (Å²) in [7, 11) is 0. The molecule has 2 aliphatic heterocycles. The highest BCUT2D eigenvalue weighted by molar-refractivity contribution is 5.80. The van der Waals surface area contributed by atoms with Crippen LogP contribution in [0.2, 0.25) is 0 Å². The summed E-state index contributed by atoms with van der Waals surface area (Å²) in [6.07, 6.45) is 4.10. The van der Waals surface area contributed by atoms with Gasteiger partial charge in [0.25, 0.3) is 0 Å². The molecular formula is C13H24N4. The van der Waals surface area contributed by atoms with Crippen LogP contribution in [0.5, 0.6) is 0 Å². The minimum absolute atomic E-state index is 0.306. The predicted octanol–water partition coefficient (Wildman–Crippen LogP) is 0.798. The summed E-state index contributed by atoms with van der Waals surface area (Å²) in [4.78, 5) is 7.24. The second kappa shape index (κ2) is 4.16. The largest absolute Gasteiger partial charge is 0.356 e. The van der Waals surface area contributed by atoms with Crippen molar-refractivity contribution >= 4 is 5.96 Å². The van der Waals surface area contributed by atoms with Crippen LogP contribution < -0.4 is 10.6 Å². The molecule has 0 bridgehead atoms. The Kier molecular flexibility index (Phi) is 2.77. The lowest BCUT2D eigenvalue weighted by molar-refractivity contribution is 0.320. The molecule has 2 heterocycles. The first kappa shape index (κ1) is 11.3. The molecule has 0 spiro atoms. The Hall–Kier alpha value is -0.770. The zero-order chi connectivity index (χ0) is 11.9. The number of aliphatic imine (C=N–C) groups is 1. The van der Waals surface area contributed by atoms with Crippen LogP contribution in [0.15, 0.2) is 4.99 Å². The second-order valence-electron chi connectivity index (χ2n) is 6.54. The summed E-state index contributed by atoms with van der Waals surface area (Å²) in [5.74, 6) is 1.02. The first-order valence-electron chi connectivity index (χ1n) is 6.91. The third kappa shape index (κ3) is 2.73. The van der Waals surface area contributed by atoms with Crippen LogP contribution in [0.1, 0.15) is 33.1 Å². The summed E-state index contributed by atoms with van der Waals surface area (Å²) in [5, 5.41) is 6.98. The molecule has 0 aromatic carbocycles.